The van der Waals surface area contributed by atoms with Crippen molar-refractivity contribution in [1.82, 2.24) is 0 Å². The second-order valence-electron chi connectivity index (χ2n) is 4.06. The van der Waals surface area contributed by atoms with E-state index in [1.807, 2.05) is 0 Å². The molecule has 0 fully saturated rings. The third kappa shape index (κ3) is 3.05. The van der Waals surface area contributed by atoms with Gasteiger partial charge in [-0.25, -0.2) is 13.6 Å². The molecule has 0 radical (unpaired) electrons. The number of halogens is 3. The van der Waals surface area contributed by atoms with Crippen molar-refractivity contribution < 1.29 is 18.7 Å². The summed E-state index contributed by atoms with van der Waals surface area (Å²) in [4.78, 5) is 11.3. The van der Waals surface area contributed by atoms with Gasteiger partial charge in [0.15, 0.2) is 6.04 Å². The van der Waals surface area contributed by atoms with Crippen LogP contribution in [0.2, 0.25) is 5.02 Å². The topological polar surface area (TPSA) is 49.3 Å². The summed E-state index contributed by atoms with van der Waals surface area (Å²) in [5.41, 5.74) is -0.187. The van der Waals surface area contributed by atoms with Gasteiger partial charge in [0.1, 0.15) is 11.6 Å². The molecule has 2 aromatic carbocycles. The number of hydrogen-bond donors (Lipinski definition) is 2. The van der Waals surface area contributed by atoms with E-state index in [0.717, 1.165) is 12.1 Å². The van der Waals surface area contributed by atoms with Crippen LogP contribution < -0.4 is 5.32 Å². The minimum Gasteiger partial charge on any atom is -0.479 e. The van der Waals surface area contributed by atoms with Crippen molar-refractivity contribution in [3.63, 3.8) is 0 Å². The maximum atomic E-state index is 13.7. The average Bonchev–Trinajstić information content (AvgIpc) is 2.37. The highest BCUT2D eigenvalue weighted by Crippen LogP contribution is 2.26. The minimum atomic E-state index is -1.55. The van der Waals surface area contributed by atoms with Crippen molar-refractivity contribution in [2.24, 2.45) is 0 Å². The first-order valence-corrected chi connectivity index (χ1v) is 6.05. The summed E-state index contributed by atoms with van der Waals surface area (Å²) in [5, 5.41) is 12.1. The molecule has 0 saturated carbocycles. The Morgan fingerprint density at radius 2 is 1.75 bits per heavy atom. The van der Waals surface area contributed by atoms with Crippen molar-refractivity contribution in [3.8, 4) is 0 Å². The zero-order chi connectivity index (χ0) is 14.7. The van der Waals surface area contributed by atoms with E-state index in [0.29, 0.717) is 10.7 Å². The highest BCUT2D eigenvalue weighted by Gasteiger charge is 2.26. The second-order valence-corrected chi connectivity index (χ2v) is 4.50. The lowest BCUT2D eigenvalue weighted by atomic mass is 10.1. The Morgan fingerprint density at radius 3 is 2.30 bits per heavy atom. The van der Waals surface area contributed by atoms with Gasteiger partial charge < -0.3 is 10.4 Å². The fraction of sp³-hybridized carbons (Fsp3) is 0.0714. The maximum absolute atomic E-state index is 13.7. The van der Waals surface area contributed by atoms with Crippen molar-refractivity contribution >= 4 is 23.3 Å². The lowest BCUT2D eigenvalue weighted by molar-refractivity contribution is -0.138. The first-order chi connectivity index (χ1) is 9.49. The molecule has 0 aliphatic rings. The van der Waals surface area contributed by atoms with Gasteiger partial charge in [0.2, 0.25) is 0 Å². The quantitative estimate of drug-likeness (QED) is 0.901. The van der Waals surface area contributed by atoms with Gasteiger partial charge in [-0.2, -0.15) is 0 Å². The number of benzene rings is 2. The van der Waals surface area contributed by atoms with Gasteiger partial charge in [-0.1, -0.05) is 23.7 Å². The SMILES string of the molecule is O=C(O)C(Nc1cccc(Cl)c1)c1c(F)cccc1F. The van der Waals surface area contributed by atoms with Gasteiger partial charge in [-0.15, -0.1) is 0 Å². The standard InChI is InChI=1S/C14H10ClF2NO2/c15-8-3-1-4-9(7-8)18-13(14(19)20)12-10(16)5-2-6-11(12)17/h1-7,13,18H,(H,19,20). The maximum Gasteiger partial charge on any atom is 0.331 e. The Kier molecular flexibility index (Phi) is 4.20. The van der Waals surface area contributed by atoms with Crippen LogP contribution in [0.4, 0.5) is 14.5 Å². The molecule has 1 unspecified atom stereocenters. The molecule has 6 heteroatoms. The van der Waals surface area contributed by atoms with Crippen molar-refractivity contribution in [2.45, 2.75) is 6.04 Å². The Bertz CT molecular complexity index is 629. The molecule has 2 aromatic rings. The molecular weight excluding hydrogens is 288 g/mol. The number of nitrogens with one attached hydrogen (secondary N) is 1. The molecule has 0 heterocycles. The summed E-state index contributed by atoms with van der Waals surface area (Å²) < 4.78 is 27.3. The third-order valence-electron chi connectivity index (χ3n) is 2.67. The van der Waals surface area contributed by atoms with Crippen molar-refractivity contribution in [1.29, 1.82) is 0 Å². The third-order valence-corrected chi connectivity index (χ3v) is 2.91. The zero-order valence-electron chi connectivity index (χ0n) is 10.1. The fourth-order valence-corrected chi connectivity index (χ4v) is 1.98. The Balaban J connectivity index is 2.40. The normalized spacial score (nSPS) is 11.9. The van der Waals surface area contributed by atoms with Crippen LogP contribution in [0.5, 0.6) is 0 Å². The molecule has 0 aliphatic carbocycles. The van der Waals surface area contributed by atoms with Crippen LogP contribution in [-0.4, -0.2) is 11.1 Å². The van der Waals surface area contributed by atoms with Gasteiger partial charge in [-0.3, -0.25) is 0 Å². The largest absolute Gasteiger partial charge is 0.479 e. The van der Waals surface area contributed by atoms with Crippen LogP contribution in [0.3, 0.4) is 0 Å². The monoisotopic (exact) mass is 297 g/mol. The first-order valence-electron chi connectivity index (χ1n) is 5.68. The highest BCUT2D eigenvalue weighted by atomic mass is 35.5. The summed E-state index contributed by atoms with van der Waals surface area (Å²) >= 11 is 5.78. The Labute approximate surface area is 118 Å². The molecule has 3 nitrogen and oxygen atoms in total. The fourth-order valence-electron chi connectivity index (χ4n) is 1.79. The van der Waals surface area contributed by atoms with Gasteiger partial charge in [0.05, 0.1) is 5.56 Å². The number of rotatable bonds is 4. The Morgan fingerprint density at radius 1 is 1.15 bits per heavy atom. The van der Waals surface area contributed by atoms with E-state index in [2.05, 4.69) is 5.32 Å². The van der Waals surface area contributed by atoms with Crippen molar-refractivity contribution in [2.75, 3.05) is 5.32 Å². The zero-order valence-corrected chi connectivity index (χ0v) is 10.9. The van der Waals surface area contributed by atoms with Crippen LogP contribution >= 0.6 is 11.6 Å². The number of hydrogen-bond acceptors (Lipinski definition) is 2. The molecule has 0 aliphatic heterocycles. The second kappa shape index (κ2) is 5.88. The van der Waals surface area contributed by atoms with Gasteiger partial charge in [0.25, 0.3) is 0 Å². The number of carboxylic acids is 1. The van der Waals surface area contributed by atoms with E-state index in [-0.39, 0.29) is 0 Å². The van der Waals surface area contributed by atoms with Gasteiger partial charge >= 0.3 is 5.97 Å². The van der Waals surface area contributed by atoms with Gasteiger partial charge in [0, 0.05) is 10.7 Å². The lowest BCUT2D eigenvalue weighted by Gasteiger charge is -2.17. The number of carbonyl (C=O) groups is 1. The molecule has 1 atom stereocenters. The smallest absolute Gasteiger partial charge is 0.331 e. The summed E-state index contributed by atoms with van der Waals surface area (Å²) in [6, 6.07) is 7.87. The molecule has 0 spiro atoms. The molecule has 0 saturated heterocycles. The van der Waals surface area contributed by atoms with E-state index in [4.69, 9.17) is 11.6 Å². The molecule has 0 aromatic heterocycles. The average molecular weight is 298 g/mol. The predicted molar refractivity (Wildman–Crippen MR) is 71.8 cm³/mol. The van der Waals surface area contributed by atoms with E-state index in [1.54, 1.807) is 18.2 Å². The molecule has 2 rings (SSSR count). The lowest BCUT2D eigenvalue weighted by Crippen LogP contribution is -2.23. The van der Waals surface area contributed by atoms with Gasteiger partial charge in [-0.05, 0) is 30.3 Å². The number of carboxylic acid groups (broad SMARTS) is 1. The number of aliphatic carboxylic acids is 1. The van der Waals surface area contributed by atoms with E-state index in [9.17, 15) is 18.7 Å². The molecule has 2 N–H and O–H groups in total. The molecular formula is C14H10ClF2NO2. The molecule has 0 amide bonds. The summed E-state index contributed by atoms with van der Waals surface area (Å²) in [6.07, 6.45) is 0. The number of anilines is 1. The van der Waals surface area contributed by atoms with Crippen LogP contribution in [-0.2, 0) is 4.79 Å². The summed E-state index contributed by atoms with van der Waals surface area (Å²) in [7, 11) is 0. The highest BCUT2D eigenvalue weighted by molar-refractivity contribution is 6.30. The molecule has 20 heavy (non-hydrogen) atoms. The molecule has 104 valence electrons. The van der Waals surface area contributed by atoms with E-state index < -0.39 is 29.2 Å². The predicted octanol–water partition coefficient (Wildman–Crippen LogP) is 3.86. The van der Waals surface area contributed by atoms with Crippen LogP contribution in [0.15, 0.2) is 42.5 Å². The van der Waals surface area contributed by atoms with E-state index in [1.165, 1.54) is 12.1 Å². The van der Waals surface area contributed by atoms with Crippen LogP contribution in [0.1, 0.15) is 11.6 Å². The molecule has 0 bridgehead atoms. The van der Waals surface area contributed by atoms with Crippen LogP contribution in [0, 0.1) is 11.6 Å². The Hall–Kier alpha value is -2.14. The summed E-state index contributed by atoms with van der Waals surface area (Å²) in [6.45, 7) is 0. The van der Waals surface area contributed by atoms with E-state index >= 15 is 0 Å². The summed E-state index contributed by atoms with van der Waals surface area (Å²) in [5.74, 6) is -3.24. The van der Waals surface area contributed by atoms with Crippen LogP contribution in [0.25, 0.3) is 0 Å². The minimum absolute atomic E-state index is 0.354. The first kappa shape index (κ1) is 14.3. The van der Waals surface area contributed by atoms with Crippen molar-refractivity contribution in [3.05, 3.63) is 64.7 Å².